The van der Waals surface area contributed by atoms with Crippen LogP contribution in [0.25, 0.3) is 0 Å². The number of hydrogen-bond acceptors (Lipinski definition) is 4. The van der Waals surface area contributed by atoms with Gasteiger partial charge in [0.25, 0.3) is 0 Å². The molecule has 188 valence electrons. The highest BCUT2D eigenvalue weighted by Crippen LogP contribution is 2.24. The van der Waals surface area contributed by atoms with Crippen LogP contribution in [0.4, 0.5) is 0 Å². The summed E-state index contributed by atoms with van der Waals surface area (Å²) in [5.74, 6) is -0.140. The van der Waals surface area contributed by atoms with E-state index in [-0.39, 0.29) is 23.8 Å². The summed E-state index contributed by atoms with van der Waals surface area (Å²) in [6, 6.07) is 0. The summed E-state index contributed by atoms with van der Waals surface area (Å²) in [4.78, 5) is 25.9. The van der Waals surface area contributed by atoms with Crippen molar-refractivity contribution in [1.29, 1.82) is 0 Å². The van der Waals surface area contributed by atoms with Crippen LogP contribution in [0, 0.1) is 11.8 Å². The third kappa shape index (κ3) is 16.3. The third-order valence-electron chi connectivity index (χ3n) is 5.54. The molecule has 0 amide bonds. The maximum Gasteiger partial charge on any atom is 0.334 e. The van der Waals surface area contributed by atoms with Gasteiger partial charge in [0, 0.05) is 11.1 Å². The zero-order valence-corrected chi connectivity index (χ0v) is 22.1. The first-order chi connectivity index (χ1) is 15.3. The largest absolute Gasteiger partial charge is 0.462 e. The Labute approximate surface area is 198 Å². The lowest BCUT2D eigenvalue weighted by atomic mass is 9.92. The summed E-state index contributed by atoms with van der Waals surface area (Å²) in [6.45, 7) is 13.5. The van der Waals surface area contributed by atoms with Gasteiger partial charge in [-0.3, -0.25) is 0 Å². The summed E-state index contributed by atoms with van der Waals surface area (Å²) in [7, 11) is 0. The van der Waals surface area contributed by atoms with Gasteiger partial charge in [-0.05, 0) is 37.5 Å². The van der Waals surface area contributed by atoms with Gasteiger partial charge in [-0.2, -0.15) is 0 Å². The van der Waals surface area contributed by atoms with Gasteiger partial charge in [0.15, 0.2) is 0 Å². The van der Waals surface area contributed by atoms with Gasteiger partial charge in [-0.15, -0.1) is 0 Å². The summed E-state index contributed by atoms with van der Waals surface area (Å²) >= 11 is 0. The summed E-state index contributed by atoms with van der Waals surface area (Å²) in [5, 5.41) is 0. The zero-order chi connectivity index (χ0) is 24.2. The minimum atomic E-state index is -0.334. The van der Waals surface area contributed by atoms with E-state index < -0.39 is 0 Å². The van der Waals surface area contributed by atoms with Crippen LogP contribution in [-0.4, -0.2) is 25.2 Å². The Bertz CT molecular complexity index is 474. The Balaban J connectivity index is 4.95. The molecule has 0 rings (SSSR count). The molecule has 0 saturated heterocycles. The molecule has 4 nitrogen and oxygen atoms in total. The minimum absolute atomic E-state index is 0.264. The number of ether oxygens (including phenoxy) is 2. The number of esters is 2. The Morgan fingerprint density at radius 3 is 1.16 bits per heavy atom. The van der Waals surface area contributed by atoms with Crippen LogP contribution in [0.15, 0.2) is 11.1 Å². The first kappa shape index (κ1) is 30.7. The quantitative estimate of drug-likeness (QED) is 0.106. The average Bonchev–Trinajstić information content (AvgIpc) is 2.74. The van der Waals surface area contributed by atoms with E-state index in [1.807, 2.05) is 0 Å². The fraction of sp³-hybridized carbons (Fsp3) is 0.857. The second-order valence-corrected chi connectivity index (χ2v) is 9.96. The number of hydrogen-bond donors (Lipinski definition) is 0. The van der Waals surface area contributed by atoms with Crippen molar-refractivity contribution in [2.45, 2.75) is 131 Å². The Hall–Kier alpha value is -1.32. The van der Waals surface area contributed by atoms with E-state index in [1.54, 1.807) is 0 Å². The lowest BCUT2D eigenvalue weighted by Gasteiger charge is -2.17. The molecule has 0 aromatic heterocycles. The SMILES string of the molecule is CCCCCCCCOC(=O)C(CC(C)C)=C(CC(C)C)C(=O)OCCCCCCCC. The molecular formula is C28H52O4. The standard InChI is InChI=1S/C28H52O4/c1-7-9-11-13-15-17-19-31-27(29)25(21-23(3)4)26(22-24(5)6)28(30)32-20-18-16-14-12-10-8-2/h23-24H,7-22H2,1-6H3. The molecule has 0 aliphatic rings. The van der Waals surface area contributed by atoms with Crippen molar-refractivity contribution in [3.8, 4) is 0 Å². The van der Waals surface area contributed by atoms with Crippen LogP contribution >= 0.6 is 0 Å². The van der Waals surface area contributed by atoms with Crippen molar-refractivity contribution < 1.29 is 19.1 Å². The predicted molar refractivity (Wildman–Crippen MR) is 135 cm³/mol. The fourth-order valence-corrected chi connectivity index (χ4v) is 3.74. The van der Waals surface area contributed by atoms with Gasteiger partial charge in [-0.25, -0.2) is 9.59 Å². The first-order valence-electron chi connectivity index (χ1n) is 13.4. The fourth-order valence-electron chi connectivity index (χ4n) is 3.74. The van der Waals surface area contributed by atoms with Crippen molar-refractivity contribution in [1.82, 2.24) is 0 Å². The molecule has 0 saturated carbocycles. The number of carbonyl (C=O) groups excluding carboxylic acids is 2. The molecule has 0 aliphatic heterocycles. The van der Waals surface area contributed by atoms with E-state index in [0.29, 0.717) is 37.2 Å². The molecule has 0 bridgehead atoms. The third-order valence-corrected chi connectivity index (χ3v) is 5.54. The summed E-state index contributed by atoms with van der Waals surface area (Å²) in [6.07, 6.45) is 14.8. The molecule has 0 aromatic rings. The molecule has 32 heavy (non-hydrogen) atoms. The highest BCUT2D eigenvalue weighted by molar-refractivity contribution is 6.00. The molecule has 0 spiro atoms. The van der Waals surface area contributed by atoms with E-state index >= 15 is 0 Å². The Morgan fingerprint density at radius 1 is 0.531 bits per heavy atom. The van der Waals surface area contributed by atoms with Crippen LogP contribution in [0.3, 0.4) is 0 Å². The van der Waals surface area contributed by atoms with Gasteiger partial charge < -0.3 is 9.47 Å². The maximum atomic E-state index is 12.9. The average molecular weight is 453 g/mol. The van der Waals surface area contributed by atoms with Crippen LogP contribution in [0.5, 0.6) is 0 Å². The van der Waals surface area contributed by atoms with E-state index in [0.717, 1.165) is 25.7 Å². The van der Waals surface area contributed by atoms with Gasteiger partial charge in [0.2, 0.25) is 0 Å². The van der Waals surface area contributed by atoms with E-state index in [1.165, 1.54) is 51.4 Å². The van der Waals surface area contributed by atoms with Crippen molar-refractivity contribution in [2.75, 3.05) is 13.2 Å². The molecule has 0 N–H and O–H groups in total. The van der Waals surface area contributed by atoms with Crippen LogP contribution in [0.1, 0.15) is 131 Å². The molecule has 0 radical (unpaired) electrons. The predicted octanol–water partition coefficient (Wildman–Crippen LogP) is 8.18. The Morgan fingerprint density at radius 2 is 0.844 bits per heavy atom. The molecule has 0 heterocycles. The lowest BCUT2D eigenvalue weighted by molar-refractivity contribution is -0.142. The second-order valence-electron chi connectivity index (χ2n) is 9.96. The van der Waals surface area contributed by atoms with Crippen molar-refractivity contribution in [2.24, 2.45) is 11.8 Å². The molecular weight excluding hydrogens is 400 g/mol. The van der Waals surface area contributed by atoms with E-state index in [9.17, 15) is 9.59 Å². The molecule has 0 aromatic carbocycles. The topological polar surface area (TPSA) is 52.6 Å². The molecule has 0 aliphatic carbocycles. The van der Waals surface area contributed by atoms with Crippen molar-refractivity contribution in [3.05, 3.63) is 11.1 Å². The number of carbonyl (C=O) groups is 2. The highest BCUT2D eigenvalue weighted by Gasteiger charge is 2.25. The van der Waals surface area contributed by atoms with Crippen LogP contribution < -0.4 is 0 Å². The maximum absolute atomic E-state index is 12.9. The zero-order valence-electron chi connectivity index (χ0n) is 22.1. The smallest absolute Gasteiger partial charge is 0.334 e. The van der Waals surface area contributed by atoms with Gasteiger partial charge in [0.1, 0.15) is 0 Å². The summed E-state index contributed by atoms with van der Waals surface area (Å²) < 4.78 is 11.2. The van der Waals surface area contributed by atoms with Crippen molar-refractivity contribution >= 4 is 11.9 Å². The molecule has 0 atom stereocenters. The Kier molecular flexibility index (Phi) is 19.5. The van der Waals surface area contributed by atoms with E-state index in [4.69, 9.17) is 9.47 Å². The number of unbranched alkanes of at least 4 members (excludes halogenated alkanes) is 10. The van der Waals surface area contributed by atoms with Gasteiger partial charge >= 0.3 is 11.9 Å². The molecule has 4 heteroatoms. The highest BCUT2D eigenvalue weighted by atomic mass is 16.5. The minimum Gasteiger partial charge on any atom is -0.462 e. The first-order valence-corrected chi connectivity index (χ1v) is 13.4. The normalized spacial score (nSPS) is 12.2. The van der Waals surface area contributed by atoms with Crippen LogP contribution in [-0.2, 0) is 19.1 Å². The van der Waals surface area contributed by atoms with Gasteiger partial charge in [0.05, 0.1) is 13.2 Å². The van der Waals surface area contributed by atoms with E-state index in [2.05, 4.69) is 41.5 Å². The van der Waals surface area contributed by atoms with Crippen LogP contribution in [0.2, 0.25) is 0 Å². The lowest BCUT2D eigenvalue weighted by Crippen LogP contribution is -2.20. The molecule has 0 unspecified atom stereocenters. The number of rotatable bonds is 20. The van der Waals surface area contributed by atoms with Gasteiger partial charge in [-0.1, -0.05) is 106 Å². The monoisotopic (exact) mass is 452 g/mol. The molecule has 0 fully saturated rings. The second kappa shape index (κ2) is 20.3. The summed E-state index contributed by atoms with van der Waals surface area (Å²) in [5.41, 5.74) is 1.04. The van der Waals surface area contributed by atoms with Crippen molar-refractivity contribution in [3.63, 3.8) is 0 Å².